The van der Waals surface area contributed by atoms with Crippen molar-refractivity contribution in [3.63, 3.8) is 0 Å². The summed E-state index contributed by atoms with van der Waals surface area (Å²) < 4.78 is 4.84. The van der Waals surface area contributed by atoms with Gasteiger partial charge in [0.15, 0.2) is 0 Å². The zero-order valence-electron chi connectivity index (χ0n) is 5.84. The van der Waals surface area contributed by atoms with Crippen molar-refractivity contribution in [2.45, 2.75) is 0 Å². The van der Waals surface area contributed by atoms with Crippen LogP contribution in [0.2, 0.25) is 0 Å². The zero-order chi connectivity index (χ0) is 6.85. The van der Waals surface area contributed by atoms with Crippen LogP contribution < -0.4 is 0 Å². The van der Waals surface area contributed by atoms with Crippen molar-refractivity contribution in [3.8, 4) is 0 Å². The van der Waals surface area contributed by atoms with E-state index in [0.717, 1.165) is 5.07 Å². The van der Waals surface area contributed by atoms with Crippen LogP contribution in [-0.2, 0) is 0 Å². The third-order valence-electron chi connectivity index (χ3n) is 1.64. The van der Waals surface area contributed by atoms with Gasteiger partial charge >= 0.3 is 0 Å². The second kappa shape index (κ2) is 3.29. The smallest absolute Gasteiger partial charge is 0.0506 e. The monoisotopic (exact) mass is 210 g/mol. The van der Waals surface area contributed by atoms with Gasteiger partial charge in [-0.25, -0.2) is 0 Å². The number of alkyl halides is 1. The van der Waals surface area contributed by atoms with Gasteiger partial charge in [0.1, 0.15) is 0 Å². The van der Waals surface area contributed by atoms with E-state index in [2.05, 4.69) is 39.4 Å². The molecule has 0 unspecified atom stereocenters. The minimum absolute atomic E-state index is 0.0180. The molecule has 1 aliphatic heterocycles. The van der Waals surface area contributed by atoms with Crippen molar-refractivity contribution in [2.75, 3.05) is 32.3 Å². The largest absolute Gasteiger partial charge is 0.271 e. The Labute approximate surface area is 66.2 Å². The van der Waals surface area contributed by atoms with Crippen molar-refractivity contribution in [1.82, 2.24) is 9.34 Å². The number of hydrogen-bond donors (Lipinski definition) is 0. The summed E-state index contributed by atoms with van der Waals surface area (Å²) in [6, 6.07) is 0. The SMILES string of the molecule is CN1CCN(C)P1CBr. The molecule has 1 rings (SSSR count). The Morgan fingerprint density at radius 2 is 1.78 bits per heavy atom. The fourth-order valence-electron chi connectivity index (χ4n) is 0.963. The molecular weight excluding hydrogens is 199 g/mol. The van der Waals surface area contributed by atoms with Crippen molar-refractivity contribution >= 4 is 24.2 Å². The summed E-state index contributed by atoms with van der Waals surface area (Å²) in [5.41, 5.74) is 0. The van der Waals surface area contributed by atoms with Gasteiger partial charge in [-0.05, 0) is 14.1 Å². The van der Waals surface area contributed by atoms with E-state index in [1.807, 2.05) is 0 Å². The first-order valence-electron chi connectivity index (χ1n) is 3.01. The molecular formula is C5H12BrN2P. The Kier molecular flexibility index (Phi) is 2.90. The van der Waals surface area contributed by atoms with Crippen molar-refractivity contribution in [3.05, 3.63) is 0 Å². The zero-order valence-corrected chi connectivity index (χ0v) is 8.32. The Balaban J connectivity index is 2.44. The summed E-state index contributed by atoms with van der Waals surface area (Å²) in [4.78, 5) is 0. The molecule has 0 bridgehead atoms. The van der Waals surface area contributed by atoms with Gasteiger partial charge in [0.05, 0.1) is 13.3 Å². The fourth-order valence-corrected chi connectivity index (χ4v) is 4.79. The lowest BCUT2D eigenvalue weighted by Crippen LogP contribution is -2.08. The minimum Gasteiger partial charge on any atom is -0.271 e. The van der Waals surface area contributed by atoms with Crippen LogP contribution in [-0.4, -0.2) is 41.6 Å². The van der Waals surface area contributed by atoms with Crippen LogP contribution >= 0.6 is 24.2 Å². The Hall–Kier alpha value is 0.830. The van der Waals surface area contributed by atoms with Gasteiger partial charge in [-0.15, -0.1) is 0 Å². The number of halogens is 1. The summed E-state index contributed by atoms with van der Waals surface area (Å²) in [5.74, 6) is 0. The first-order valence-corrected chi connectivity index (χ1v) is 5.56. The van der Waals surface area contributed by atoms with Gasteiger partial charge in [-0.2, -0.15) is 0 Å². The van der Waals surface area contributed by atoms with Gasteiger partial charge in [0.2, 0.25) is 0 Å². The fraction of sp³-hybridized carbons (Fsp3) is 1.00. The molecule has 0 radical (unpaired) electrons. The van der Waals surface area contributed by atoms with Crippen LogP contribution in [0.5, 0.6) is 0 Å². The summed E-state index contributed by atoms with van der Waals surface area (Å²) in [5, 5.41) is 1.12. The number of likely N-dealkylation sites (N-methyl/N-ethyl adjacent to an activating group) is 2. The number of rotatable bonds is 1. The summed E-state index contributed by atoms with van der Waals surface area (Å²) in [7, 11) is 4.40. The highest BCUT2D eigenvalue weighted by Crippen LogP contribution is 2.46. The third kappa shape index (κ3) is 1.64. The molecule has 9 heavy (non-hydrogen) atoms. The first kappa shape index (κ1) is 7.93. The second-order valence-corrected chi connectivity index (χ2v) is 6.11. The van der Waals surface area contributed by atoms with Crippen molar-refractivity contribution in [2.24, 2.45) is 0 Å². The molecule has 4 heteroatoms. The van der Waals surface area contributed by atoms with Crippen LogP contribution in [0.1, 0.15) is 0 Å². The molecule has 1 fully saturated rings. The lowest BCUT2D eigenvalue weighted by Gasteiger charge is -2.21. The average Bonchev–Trinajstić information content (AvgIpc) is 2.12. The lowest BCUT2D eigenvalue weighted by atomic mass is 10.6. The topological polar surface area (TPSA) is 6.48 Å². The summed E-state index contributed by atoms with van der Waals surface area (Å²) >= 11 is 3.50. The standard InChI is InChI=1S/C5H12BrN2P/c1-7-3-4-8(2)9(7)5-6/h3-5H2,1-2H3. The van der Waals surface area contributed by atoms with Gasteiger partial charge in [0.25, 0.3) is 0 Å². The second-order valence-electron chi connectivity index (χ2n) is 2.25. The molecule has 0 spiro atoms. The molecule has 1 heterocycles. The average molecular weight is 211 g/mol. The van der Waals surface area contributed by atoms with Crippen LogP contribution in [0, 0.1) is 0 Å². The van der Waals surface area contributed by atoms with E-state index >= 15 is 0 Å². The Bertz CT molecular complexity index is 91.0. The molecule has 1 saturated heterocycles. The molecule has 0 saturated carbocycles. The summed E-state index contributed by atoms with van der Waals surface area (Å²) in [6.45, 7) is 2.46. The maximum atomic E-state index is 3.50. The van der Waals surface area contributed by atoms with E-state index in [0.29, 0.717) is 0 Å². The molecule has 54 valence electrons. The van der Waals surface area contributed by atoms with E-state index in [4.69, 9.17) is 0 Å². The lowest BCUT2D eigenvalue weighted by molar-refractivity contribution is 0.553. The van der Waals surface area contributed by atoms with Crippen LogP contribution in [0.15, 0.2) is 0 Å². The van der Waals surface area contributed by atoms with E-state index in [9.17, 15) is 0 Å². The molecule has 0 aromatic carbocycles. The van der Waals surface area contributed by atoms with Gasteiger partial charge < -0.3 is 0 Å². The number of nitrogens with zero attached hydrogens (tertiary/aromatic N) is 2. The van der Waals surface area contributed by atoms with Crippen LogP contribution in [0.4, 0.5) is 0 Å². The van der Waals surface area contributed by atoms with E-state index in [-0.39, 0.29) is 8.22 Å². The Morgan fingerprint density at radius 1 is 1.33 bits per heavy atom. The highest BCUT2D eigenvalue weighted by Gasteiger charge is 2.24. The molecule has 0 amide bonds. The molecule has 0 aromatic heterocycles. The number of hydrogen-bond acceptors (Lipinski definition) is 2. The molecule has 0 aliphatic carbocycles. The minimum atomic E-state index is 0.0180. The van der Waals surface area contributed by atoms with Crippen molar-refractivity contribution < 1.29 is 0 Å². The maximum Gasteiger partial charge on any atom is 0.0506 e. The van der Waals surface area contributed by atoms with Crippen LogP contribution in [0.25, 0.3) is 0 Å². The predicted molar refractivity (Wildman–Crippen MR) is 46.0 cm³/mol. The van der Waals surface area contributed by atoms with E-state index in [1.165, 1.54) is 13.1 Å². The Morgan fingerprint density at radius 3 is 2.00 bits per heavy atom. The molecule has 0 N–H and O–H groups in total. The van der Waals surface area contributed by atoms with E-state index in [1.54, 1.807) is 0 Å². The molecule has 0 aromatic rings. The maximum absolute atomic E-state index is 3.50. The van der Waals surface area contributed by atoms with Crippen LogP contribution in [0.3, 0.4) is 0 Å². The first-order chi connectivity index (χ1) is 4.25. The normalized spacial score (nSPS) is 25.7. The van der Waals surface area contributed by atoms with Gasteiger partial charge in [-0.1, -0.05) is 15.9 Å². The van der Waals surface area contributed by atoms with Gasteiger partial charge in [0, 0.05) is 13.1 Å². The summed E-state index contributed by atoms with van der Waals surface area (Å²) in [6.07, 6.45) is 0. The van der Waals surface area contributed by atoms with E-state index < -0.39 is 0 Å². The predicted octanol–water partition coefficient (Wildman–Crippen LogP) is 1.53. The molecule has 1 aliphatic rings. The van der Waals surface area contributed by atoms with Gasteiger partial charge in [-0.3, -0.25) is 9.34 Å². The highest BCUT2D eigenvalue weighted by atomic mass is 79.9. The quantitative estimate of drug-likeness (QED) is 0.479. The third-order valence-corrected chi connectivity index (χ3v) is 5.18. The van der Waals surface area contributed by atoms with Crippen molar-refractivity contribution in [1.29, 1.82) is 0 Å². The molecule has 0 atom stereocenters. The highest BCUT2D eigenvalue weighted by molar-refractivity contribution is 9.10. The molecule has 2 nitrogen and oxygen atoms in total.